The number of piperidine rings is 1. The molecule has 1 aliphatic rings. The maximum atomic E-state index is 4.37. The number of hydrogen-bond acceptors (Lipinski definition) is 2. The average Bonchev–Trinajstić information content (AvgIpc) is 2.74. The number of H-pyrrole nitrogens is 1. The SMILES string of the molecule is CN1CCC(c2[nH]nc3ccccc23)CC1. The summed E-state index contributed by atoms with van der Waals surface area (Å²) in [4.78, 5) is 2.40. The standard InChI is InChI=1S/C13H17N3/c1-16-8-6-10(7-9-16)13-11-4-2-3-5-12(11)14-15-13/h2-5,10H,6-9H2,1H3,(H,14,15). The van der Waals surface area contributed by atoms with Gasteiger partial charge in [0.05, 0.1) is 5.52 Å². The molecule has 0 spiro atoms. The molecule has 3 rings (SSSR count). The molecule has 16 heavy (non-hydrogen) atoms. The Morgan fingerprint density at radius 2 is 2.00 bits per heavy atom. The van der Waals surface area contributed by atoms with Gasteiger partial charge in [0, 0.05) is 17.0 Å². The van der Waals surface area contributed by atoms with Gasteiger partial charge in [0.25, 0.3) is 0 Å². The lowest BCUT2D eigenvalue weighted by Crippen LogP contribution is -2.29. The second-order valence-corrected chi connectivity index (χ2v) is 4.73. The van der Waals surface area contributed by atoms with Crippen LogP contribution in [0.1, 0.15) is 24.5 Å². The summed E-state index contributed by atoms with van der Waals surface area (Å²) in [6.07, 6.45) is 2.48. The zero-order valence-corrected chi connectivity index (χ0v) is 9.61. The quantitative estimate of drug-likeness (QED) is 0.792. The predicted octanol–water partition coefficient (Wildman–Crippen LogP) is 2.37. The van der Waals surface area contributed by atoms with E-state index in [1.54, 1.807) is 0 Å². The maximum Gasteiger partial charge on any atom is 0.0923 e. The number of aromatic nitrogens is 2. The van der Waals surface area contributed by atoms with Crippen molar-refractivity contribution < 1.29 is 0 Å². The van der Waals surface area contributed by atoms with E-state index in [2.05, 4.69) is 40.3 Å². The van der Waals surface area contributed by atoms with Crippen LogP contribution in [0, 0.1) is 0 Å². The largest absolute Gasteiger partial charge is 0.306 e. The van der Waals surface area contributed by atoms with Crippen LogP contribution in [-0.4, -0.2) is 35.2 Å². The van der Waals surface area contributed by atoms with Crippen molar-refractivity contribution >= 4 is 10.9 Å². The summed E-state index contributed by atoms with van der Waals surface area (Å²) in [5, 5.41) is 8.91. The van der Waals surface area contributed by atoms with Gasteiger partial charge in [-0.15, -0.1) is 0 Å². The summed E-state index contributed by atoms with van der Waals surface area (Å²) in [7, 11) is 2.20. The van der Waals surface area contributed by atoms with Crippen LogP contribution in [0.3, 0.4) is 0 Å². The van der Waals surface area contributed by atoms with E-state index in [0.29, 0.717) is 5.92 Å². The number of hydrogen-bond donors (Lipinski definition) is 1. The summed E-state index contributed by atoms with van der Waals surface area (Å²) in [6, 6.07) is 8.38. The van der Waals surface area contributed by atoms with Crippen LogP contribution in [-0.2, 0) is 0 Å². The molecule has 0 amide bonds. The van der Waals surface area contributed by atoms with E-state index in [4.69, 9.17) is 0 Å². The van der Waals surface area contributed by atoms with Gasteiger partial charge in [0.1, 0.15) is 0 Å². The summed E-state index contributed by atoms with van der Waals surface area (Å²) in [6.45, 7) is 2.38. The highest BCUT2D eigenvalue weighted by Crippen LogP contribution is 2.30. The second kappa shape index (κ2) is 3.91. The zero-order chi connectivity index (χ0) is 11.0. The Labute approximate surface area is 95.5 Å². The highest BCUT2D eigenvalue weighted by Gasteiger charge is 2.21. The van der Waals surface area contributed by atoms with Gasteiger partial charge in [0.15, 0.2) is 0 Å². The van der Waals surface area contributed by atoms with Gasteiger partial charge in [-0.2, -0.15) is 5.10 Å². The molecular formula is C13H17N3. The fourth-order valence-corrected chi connectivity index (χ4v) is 2.59. The van der Waals surface area contributed by atoms with Gasteiger partial charge in [-0.1, -0.05) is 18.2 Å². The summed E-state index contributed by atoms with van der Waals surface area (Å²) < 4.78 is 0. The van der Waals surface area contributed by atoms with Gasteiger partial charge in [-0.3, -0.25) is 5.10 Å². The lowest BCUT2D eigenvalue weighted by Gasteiger charge is -2.28. The van der Waals surface area contributed by atoms with Crippen molar-refractivity contribution in [3.05, 3.63) is 30.0 Å². The molecule has 1 aromatic carbocycles. The smallest absolute Gasteiger partial charge is 0.0923 e. The molecule has 0 aliphatic carbocycles. The van der Waals surface area contributed by atoms with E-state index in [1.807, 2.05) is 6.07 Å². The number of nitrogens with zero attached hydrogens (tertiary/aromatic N) is 2. The van der Waals surface area contributed by atoms with Crippen LogP contribution in [0.25, 0.3) is 10.9 Å². The zero-order valence-electron chi connectivity index (χ0n) is 9.61. The van der Waals surface area contributed by atoms with Crippen molar-refractivity contribution in [2.45, 2.75) is 18.8 Å². The number of fused-ring (bicyclic) bond motifs is 1. The Morgan fingerprint density at radius 3 is 2.81 bits per heavy atom. The van der Waals surface area contributed by atoms with E-state index >= 15 is 0 Å². The Balaban J connectivity index is 1.94. The predicted molar refractivity (Wildman–Crippen MR) is 65.6 cm³/mol. The molecule has 0 atom stereocenters. The first-order valence-corrected chi connectivity index (χ1v) is 5.96. The van der Waals surface area contributed by atoms with Crippen molar-refractivity contribution in [1.29, 1.82) is 0 Å². The van der Waals surface area contributed by atoms with Gasteiger partial charge < -0.3 is 4.90 Å². The molecule has 2 heterocycles. The molecule has 0 radical (unpaired) electrons. The van der Waals surface area contributed by atoms with Crippen LogP contribution in [0.15, 0.2) is 24.3 Å². The fraction of sp³-hybridized carbons (Fsp3) is 0.462. The van der Waals surface area contributed by atoms with E-state index in [0.717, 1.165) is 5.52 Å². The fourth-order valence-electron chi connectivity index (χ4n) is 2.59. The molecule has 2 aromatic rings. The number of benzene rings is 1. The first-order chi connectivity index (χ1) is 7.84. The molecular weight excluding hydrogens is 198 g/mol. The van der Waals surface area contributed by atoms with Crippen molar-refractivity contribution in [2.75, 3.05) is 20.1 Å². The van der Waals surface area contributed by atoms with Crippen molar-refractivity contribution in [3.8, 4) is 0 Å². The molecule has 1 saturated heterocycles. The number of aromatic amines is 1. The molecule has 84 valence electrons. The Morgan fingerprint density at radius 1 is 1.25 bits per heavy atom. The monoisotopic (exact) mass is 215 g/mol. The number of para-hydroxylation sites is 1. The minimum absolute atomic E-state index is 0.656. The highest BCUT2D eigenvalue weighted by atomic mass is 15.1. The van der Waals surface area contributed by atoms with Crippen LogP contribution >= 0.6 is 0 Å². The molecule has 0 saturated carbocycles. The third-order valence-corrected chi connectivity index (χ3v) is 3.62. The third-order valence-electron chi connectivity index (χ3n) is 3.62. The Kier molecular flexibility index (Phi) is 2.40. The lowest BCUT2D eigenvalue weighted by molar-refractivity contribution is 0.254. The molecule has 3 nitrogen and oxygen atoms in total. The Bertz CT molecular complexity index is 481. The van der Waals surface area contributed by atoms with E-state index in [9.17, 15) is 0 Å². The lowest BCUT2D eigenvalue weighted by atomic mass is 9.92. The Hall–Kier alpha value is -1.35. The van der Waals surface area contributed by atoms with Crippen LogP contribution in [0.4, 0.5) is 0 Å². The van der Waals surface area contributed by atoms with Crippen molar-refractivity contribution in [1.82, 2.24) is 15.1 Å². The van der Waals surface area contributed by atoms with E-state index in [1.165, 1.54) is 37.0 Å². The minimum atomic E-state index is 0.656. The van der Waals surface area contributed by atoms with Gasteiger partial charge in [-0.05, 0) is 39.0 Å². The number of nitrogens with one attached hydrogen (secondary N) is 1. The van der Waals surface area contributed by atoms with Crippen molar-refractivity contribution in [2.24, 2.45) is 0 Å². The van der Waals surface area contributed by atoms with Crippen LogP contribution in [0.2, 0.25) is 0 Å². The molecule has 0 unspecified atom stereocenters. The molecule has 1 aliphatic heterocycles. The highest BCUT2D eigenvalue weighted by molar-refractivity contribution is 5.81. The normalized spacial score (nSPS) is 19.3. The summed E-state index contributed by atoms with van der Waals surface area (Å²) in [5.41, 5.74) is 2.43. The van der Waals surface area contributed by atoms with Crippen molar-refractivity contribution in [3.63, 3.8) is 0 Å². The first kappa shape index (κ1) is 9.85. The van der Waals surface area contributed by atoms with Gasteiger partial charge >= 0.3 is 0 Å². The van der Waals surface area contributed by atoms with E-state index in [-0.39, 0.29) is 0 Å². The molecule has 0 bridgehead atoms. The minimum Gasteiger partial charge on any atom is -0.306 e. The van der Waals surface area contributed by atoms with Crippen LogP contribution in [0.5, 0.6) is 0 Å². The first-order valence-electron chi connectivity index (χ1n) is 5.96. The van der Waals surface area contributed by atoms with Gasteiger partial charge in [0.2, 0.25) is 0 Å². The second-order valence-electron chi connectivity index (χ2n) is 4.73. The maximum absolute atomic E-state index is 4.37. The third kappa shape index (κ3) is 1.61. The summed E-state index contributed by atoms with van der Waals surface area (Å²) >= 11 is 0. The number of likely N-dealkylation sites (tertiary alicyclic amines) is 1. The number of rotatable bonds is 1. The molecule has 1 N–H and O–H groups in total. The molecule has 1 aromatic heterocycles. The summed E-state index contributed by atoms with van der Waals surface area (Å²) in [5.74, 6) is 0.656. The van der Waals surface area contributed by atoms with E-state index < -0.39 is 0 Å². The molecule has 1 fully saturated rings. The van der Waals surface area contributed by atoms with Crippen LogP contribution < -0.4 is 0 Å². The van der Waals surface area contributed by atoms with Gasteiger partial charge in [-0.25, -0.2) is 0 Å². The molecule has 3 heteroatoms. The average molecular weight is 215 g/mol. The topological polar surface area (TPSA) is 31.9 Å².